The minimum absolute atomic E-state index is 0.0121. The summed E-state index contributed by atoms with van der Waals surface area (Å²) in [5.74, 6) is 2.32. The Morgan fingerprint density at radius 2 is 1.91 bits per heavy atom. The monoisotopic (exact) mass is 581 g/mol. The van der Waals surface area contributed by atoms with Crippen LogP contribution in [0.3, 0.4) is 0 Å². The third-order valence-corrected chi connectivity index (χ3v) is 9.80. The van der Waals surface area contributed by atoms with Crippen LogP contribution in [0.5, 0.6) is 11.8 Å². The van der Waals surface area contributed by atoms with Crippen molar-refractivity contribution in [3.05, 3.63) is 52.2 Å². The topological polar surface area (TPSA) is 109 Å². The van der Waals surface area contributed by atoms with Crippen molar-refractivity contribution in [1.82, 2.24) is 30.0 Å². The number of benzene rings is 2. The number of aromatic nitrogens is 4. The number of anilines is 1. The summed E-state index contributed by atoms with van der Waals surface area (Å²) in [6, 6.07) is 6.46. The number of halogens is 1. The number of nitrogens with zero attached hydrogens (tertiary/aromatic N) is 6. The van der Waals surface area contributed by atoms with Crippen molar-refractivity contribution >= 4 is 27.5 Å². The van der Waals surface area contributed by atoms with E-state index >= 15 is 0 Å². The molecule has 0 amide bonds. The molecule has 220 valence electrons. The molecular formula is C32H32FN7O3. The summed E-state index contributed by atoms with van der Waals surface area (Å²) < 4.78 is 22.3. The lowest BCUT2D eigenvalue weighted by atomic mass is 9.95. The van der Waals surface area contributed by atoms with Crippen molar-refractivity contribution < 1.29 is 14.2 Å². The number of nitrogens with one attached hydrogen (secondary N) is 1. The lowest BCUT2D eigenvalue weighted by Crippen LogP contribution is -2.51. The number of hydrogen-bond donors (Lipinski definition) is 2. The molecule has 4 saturated heterocycles. The number of phenolic OH excluding ortho intramolecular Hbond substituents is 1. The van der Waals surface area contributed by atoms with Crippen LogP contribution in [0.1, 0.15) is 44.1 Å². The summed E-state index contributed by atoms with van der Waals surface area (Å²) in [6.07, 6.45) is 13.9. The molecule has 4 aromatic rings. The summed E-state index contributed by atoms with van der Waals surface area (Å²) in [5, 5.41) is 20.0. The van der Waals surface area contributed by atoms with Crippen molar-refractivity contribution in [1.29, 1.82) is 0 Å². The smallest absolute Gasteiger partial charge is 0.319 e. The predicted octanol–water partition coefficient (Wildman–Crippen LogP) is 3.10. The average molecular weight is 582 g/mol. The number of aromatic hydroxyl groups is 1. The van der Waals surface area contributed by atoms with E-state index in [1.54, 1.807) is 6.20 Å². The van der Waals surface area contributed by atoms with Gasteiger partial charge in [0.25, 0.3) is 5.56 Å². The van der Waals surface area contributed by atoms with Gasteiger partial charge in [-0.25, -0.2) is 4.39 Å². The Morgan fingerprint density at radius 3 is 2.65 bits per heavy atom. The lowest BCUT2D eigenvalue weighted by molar-refractivity contribution is 0.108. The minimum atomic E-state index is -0.600. The van der Waals surface area contributed by atoms with Gasteiger partial charge in [0, 0.05) is 36.6 Å². The number of terminal acetylenes is 1. The molecule has 6 heterocycles. The summed E-state index contributed by atoms with van der Waals surface area (Å²) >= 11 is 0. The number of piperazine rings is 1. The molecule has 2 aromatic carbocycles. The first-order valence-corrected chi connectivity index (χ1v) is 15.0. The maximum Gasteiger partial charge on any atom is 0.319 e. The highest BCUT2D eigenvalue weighted by molar-refractivity contribution is 5.97. The number of rotatable bonds is 5. The van der Waals surface area contributed by atoms with Crippen molar-refractivity contribution in [2.45, 2.75) is 56.1 Å². The molecule has 10 nitrogen and oxygen atoms in total. The molecule has 0 spiro atoms. The van der Waals surface area contributed by atoms with E-state index in [4.69, 9.17) is 16.1 Å². The van der Waals surface area contributed by atoms with Gasteiger partial charge in [-0.2, -0.15) is 19.7 Å². The first-order valence-electron chi connectivity index (χ1n) is 15.0. The quantitative estimate of drug-likeness (QED) is 0.344. The van der Waals surface area contributed by atoms with E-state index < -0.39 is 11.4 Å². The van der Waals surface area contributed by atoms with Crippen LogP contribution < -0.4 is 20.5 Å². The second-order valence-corrected chi connectivity index (χ2v) is 12.3. The first kappa shape index (κ1) is 26.4. The summed E-state index contributed by atoms with van der Waals surface area (Å²) in [7, 11) is 0. The van der Waals surface area contributed by atoms with E-state index in [-0.39, 0.29) is 34.1 Å². The third kappa shape index (κ3) is 4.23. The molecule has 4 aliphatic heterocycles. The van der Waals surface area contributed by atoms with Gasteiger partial charge in [-0.3, -0.25) is 9.69 Å². The largest absolute Gasteiger partial charge is 0.508 e. The maximum absolute atomic E-state index is 14.8. The Morgan fingerprint density at radius 1 is 1.14 bits per heavy atom. The molecular weight excluding hydrogens is 549 g/mol. The van der Waals surface area contributed by atoms with Crippen LogP contribution in [0.4, 0.5) is 10.2 Å². The Labute approximate surface area is 247 Å². The minimum Gasteiger partial charge on any atom is -0.508 e. The highest BCUT2D eigenvalue weighted by Gasteiger charge is 2.45. The van der Waals surface area contributed by atoms with Gasteiger partial charge >= 0.3 is 6.01 Å². The Balaban J connectivity index is 1.29. The molecule has 0 unspecified atom stereocenters. The van der Waals surface area contributed by atoms with Gasteiger partial charge in [0.05, 0.1) is 28.4 Å². The van der Waals surface area contributed by atoms with E-state index in [0.717, 1.165) is 69.4 Å². The highest BCUT2D eigenvalue weighted by Crippen LogP contribution is 2.39. The zero-order valence-electron chi connectivity index (χ0n) is 23.7. The fraction of sp³-hybridized carbons (Fsp3) is 0.438. The van der Waals surface area contributed by atoms with Gasteiger partial charge in [-0.15, -0.1) is 6.42 Å². The van der Waals surface area contributed by atoms with E-state index in [2.05, 4.69) is 31.1 Å². The zero-order chi connectivity index (χ0) is 29.3. The molecule has 2 aromatic heterocycles. The molecule has 4 aliphatic rings. The number of fused-ring (bicyclic) bond motifs is 5. The number of ether oxygens (including phenoxy) is 1. The standard InChI is InChI=1S/C32H32FN7O3/c1-2-23-25(33)8-5-19-13-22(41)14-26(27(19)23)40-30(42)28-24(15-34-40)29(38-16-20-6-7-21(17-38)35-20)37-31(36-28)43-18-32-9-3-11-39(32)12-4-10-32/h1,5,8,13-15,20-21,35,41H,3-4,6-7,9-12,16-18H2/t20-,21+. The fourth-order valence-corrected chi connectivity index (χ4v) is 7.81. The molecule has 2 atom stereocenters. The van der Waals surface area contributed by atoms with Crippen molar-refractivity contribution in [3.8, 4) is 29.8 Å². The Hall–Kier alpha value is -4.27. The van der Waals surface area contributed by atoms with Crippen LogP contribution in [-0.4, -0.2) is 80.2 Å². The van der Waals surface area contributed by atoms with E-state index in [0.29, 0.717) is 40.7 Å². The predicted molar refractivity (Wildman–Crippen MR) is 160 cm³/mol. The molecule has 11 heteroatoms. The fourth-order valence-electron chi connectivity index (χ4n) is 7.81. The highest BCUT2D eigenvalue weighted by atomic mass is 19.1. The first-order chi connectivity index (χ1) is 20.9. The maximum atomic E-state index is 14.8. The normalized spacial score (nSPS) is 22.7. The van der Waals surface area contributed by atoms with Gasteiger partial charge in [0.15, 0.2) is 0 Å². The van der Waals surface area contributed by atoms with Crippen molar-refractivity contribution in [3.63, 3.8) is 0 Å². The molecule has 8 rings (SSSR count). The second kappa shape index (κ2) is 9.89. The van der Waals surface area contributed by atoms with Crippen LogP contribution >= 0.6 is 0 Å². The number of hydrogen-bond acceptors (Lipinski definition) is 9. The van der Waals surface area contributed by atoms with Gasteiger partial charge in [-0.05, 0) is 69.1 Å². The SMILES string of the molecule is C#Cc1c(F)ccc2cc(O)cc(-n3ncc4c(N5C[C@H]6CC[C@@H](C5)N6)nc(OCC56CCCN5CCC6)nc4c3=O)c12. The van der Waals surface area contributed by atoms with Crippen LogP contribution in [0.25, 0.3) is 27.4 Å². The summed E-state index contributed by atoms with van der Waals surface area (Å²) in [6.45, 7) is 4.12. The van der Waals surface area contributed by atoms with Gasteiger partial charge in [0.2, 0.25) is 0 Å². The molecule has 0 saturated carbocycles. The van der Waals surface area contributed by atoms with Gasteiger partial charge in [-0.1, -0.05) is 12.0 Å². The van der Waals surface area contributed by atoms with E-state index in [1.807, 2.05) is 0 Å². The molecule has 2 N–H and O–H groups in total. The van der Waals surface area contributed by atoms with Crippen LogP contribution in [0.2, 0.25) is 0 Å². The Kier molecular flexibility index (Phi) is 6.07. The van der Waals surface area contributed by atoms with Gasteiger partial charge in [0.1, 0.15) is 29.5 Å². The average Bonchev–Trinajstić information content (AvgIpc) is 3.69. The second-order valence-electron chi connectivity index (χ2n) is 12.3. The van der Waals surface area contributed by atoms with Crippen molar-refractivity contribution in [2.24, 2.45) is 0 Å². The summed E-state index contributed by atoms with van der Waals surface area (Å²) in [5.41, 5.74) is -0.250. The third-order valence-electron chi connectivity index (χ3n) is 9.80. The molecule has 43 heavy (non-hydrogen) atoms. The molecule has 2 bridgehead atoms. The lowest BCUT2D eigenvalue weighted by Gasteiger charge is -2.34. The molecule has 4 fully saturated rings. The molecule has 0 radical (unpaired) electrons. The molecule has 0 aliphatic carbocycles. The van der Waals surface area contributed by atoms with Crippen LogP contribution in [-0.2, 0) is 0 Å². The van der Waals surface area contributed by atoms with Crippen LogP contribution in [0, 0.1) is 18.2 Å². The number of phenols is 1. The Bertz CT molecular complexity index is 1860. The zero-order valence-corrected chi connectivity index (χ0v) is 23.7. The summed E-state index contributed by atoms with van der Waals surface area (Å²) in [4.78, 5) is 28.5. The van der Waals surface area contributed by atoms with E-state index in [1.165, 1.54) is 24.3 Å². The van der Waals surface area contributed by atoms with E-state index in [9.17, 15) is 14.3 Å². The van der Waals surface area contributed by atoms with Gasteiger partial charge < -0.3 is 20.1 Å². The van der Waals surface area contributed by atoms with Crippen LogP contribution in [0.15, 0.2) is 35.3 Å². The van der Waals surface area contributed by atoms with Crippen molar-refractivity contribution in [2.75, 3.05) is 37.7 Å².